The Bertz CT molecular complexity index is 420. The molecule has 0 radical (unpaired) electrons. The van der Waals surface area contributed by atoms with Crippen LogP contribution in [0, 0.1) is 5.92 Å². The van der Waals surface area contributed by atoms with Gasteiger partial charge in [0.05, 0.1) is 12.2 Å². The molecule has 0 spiro atoms. The molecule has 18 heavy (non-hydrogen) atoms. The molecule has 1 aliphatic heterocycles. The SMILES string of the molecule is CC(O)C1CCN(c2ccc([C@H](C)O)c(Br)c2)C1. The molecule has 3 atom stereocenters. The van der Waals surface area contributed by atoms with Crippen molar-refractivity contribution in [2.45, 2.75) is 32.5 Å². The predicted octanol–water partition coefficient (Wildman–Crippen LogP) is 2.71. The Hall–Kier alpha value is -0.580. The lowest BCUT2D eigenvalue weighted by molar-refractivity contribution is 0.136. The van der Waals surface area contributed by atoms with E-state index in [1.54, 1.807) is 6.92 Å². The molecule has 0 aliphatic carbocycles. The van der Waals surface area contributed by atoms with Gasteiger partial charge >= 0.3 is 0 Å². The fourth-order valence-electron chi connectivity index (χ4n) is 2.47. The average Bonchev–Trinajstić information content (AvgIpc) is 2.77. The van der Waals surface area contributed by atoms with Crippen LogP contribution in [0.1, 0.15) is 31.9 Å². The van der Waals surface area contributed by atoms with Crippen molar-refractivity contribution in [3.05, 3.63) is 28.2 Å². The quantitative estimate of drug-likeness (QED) is 0.901. The Labute approximate surface area is 117 Å². The van der Waals surface area contributed by atoms with E-state index in [0.29, 0.717) is 5.92 Å². The third-order valence-corrected chi connectivity index (χ3v) is 4.39. The zero-order valence-electron chi connectivity index (χ0n) is 10.8. The number of benzene rings is 1. The van der Waals surface area contributed by atoms with Crippen LogP contribution in [-0.2, 0) is 0 Å². The lowest BCUT2D eigenvalue weighted by Gasteiger charge is -2.21. The fourth-order valence-corrected chi connectivity index (χ4v) is 3.17. The summed E-state index contributed by atoms with van der Waals surface area (Å²) in [4.78, 5) is 2.29. The minimum Gasteiger partial charge on any atom is -0.393 e. The van der Waals surface area contributed by atoms with Gasteiger partial charge in [0.25, 0.3) is 0 Å². The minimum atomic E-state index is -0.461. The van der Waals surface area contributed by atoms with Gasteiger partial charge in [-0.3, -0.25) is 0 Å². The molecule has 2 N–H and O–H groups in total. The van der Waals surface area contributed by atoms with Crippen LogP contribution in [0.5, 0.6) is 0 Å². The molecule has 2 rings (SSSR count). The highest BCUT2D eigenvalue weighted by molar-refractivity contribution is 9.10. The maximum Gasteiger partial charge on any atom is 0.0772 e. The third kappa shape index (κ3) is 2.87. The molecule has 1 fully saturated rings. The summed E-state index contributed by atoms with van der Waals surface area (Å²) in [7, 11) is 0. The van der Waals surface area contributed by atoms with Crippen molar-refractivity contribution >= 4 is 21.6 Å². The molecule has 1 aromatic carbocycles. The Morgan fingerprint density at radius 3 is 2.56 bits per heavy atom. The molecule has 0 saturated carbocycles. The molecular formula is C14H20BrNO2. The van der Waals surface area contributed by atoms with Gasteiger partial charge in [-0.25, -0.2) is 0 Å². The molecule has 1 heterocycles. The first-order valence-electron chi connectivity index (χ1n) is 6.39. The summed E-state index contributed by atoms with van der Waals surface area (Å²) in [5, 5.41) is 19.2. The molecule has 4 heteroatoms. The largest absolute Gasteiger partial charge is 0.393 e. The van der Waals surface area contributed by atoms with Gasteiger partial charge in [-0.1, -0.05) is 22.0 Å². The summed E-state index contributed by atoms with van der Waals surface area (Å²) in [5.41, 5.74) is 2.06. The summed E-state index contributed by atoms with van der Waals surface area (Å²) in [6, 6.07) is 6.05. The van der Waals surface area contributed by atoms with Crippen LogP contribution in [-0.4, -0.2) is 29.4 Å². The second kappa shape index (κ2) is 5.59. The molecule has 1 saturated heterocycles. The number of hydrogen-bond donors (Lipinski definition) is 2. The Kier molecular flexibility index (Phi) is 4.30. The first-order chi connectivity index (χ1) is 8.49. The molecule has 1 aliphatic rings. The number of rotatable bonds is 3. The summed E-state index contributed by atoms with van der Waals surface area (Å²) in [5.74, 6) is 0.361. The van der Waals surface area contributed by atoms with Crippen LogP contribution in [0.2, 0.25) is 0 Å². The first kappa shape index (κ1) is 13.8. The van der Waals surface area contributed by atoms with Crippen LogP contribution in [0.25, 0.3) is 0 Å². The lowest BCUT2D eigenvalue weighted by atomic mass is 10.0. The standard InChI is InChI=1S/C14H20BrNO2/c1-9(17)11-5-6-16(8-11)12-3-4-13(10(2)18)14(15)7-12/h3-4,7,9-11,17-18H,5-6,8H2,1-2H3/t9?,10-,11?/m0/s1. The van der Waals surface area contributed by atoms with E-state index in [2.05, 4.69) is 20.8 Å². The average molecular weight is 314 g/mol. The summed E-state index contributed by atoms with van der Waals surface area (Å²) < 4.78 is 0.940. The topological polar surface area (TPSA) is 43.7 Å². The van der Waals surface area contributed by atoms with Gasteiger partial charge in [0.1, 0.15) is 0 Å². The normalized spacial score (nSPS) is 23.2. The van der Waals surface area contributed by atoms with Gasteiger partial charge in [0.15, 0.2) is 0 Å². The van der Waals surface area contributed by atoms with E-state index in [9.17, 15) is 10.2 Å². The van der Waals surface area contributed by atoms with Crippen LogP contribution in [0.15, 0.2) is 22.7 Å². The van der Waals surface area contributed by atoms with Crippen molar-refractivity contribution in [1.29, 1.82) is 0 Å². The van der Waals surface area contributed by atoms with Crippen LogP contribution >= 0.6 is 15.9 Å². The number of aliphatic hydroxyl groups excluding tert-OH is 2. The van der Waals surface area contributed by atoms with Crippen molar-refractivity contribution in [3.8, 4) is 0 Å². The first-order valence-corrected chi connectivity index (χ1v) is 7.19. The van der Waals surface area contributed by atoms with Gasteiger partial charge < -0.3 is 15.1 Å². The molecule has 2 unspecified atom stereocenters. The third-order valence-electron chi connectivity index (χ3n) is 3.71. The zero-order valence-corrected chi connectivity index (χ0v) is 12.4. The monoisotopic (exact) mass is 313 g/mol. The van der Waals surface area contributed by atoms with E-state index in [-0.39, 0.29) is 6.10 Å². The molecule has 100 valence electrons. The number of halogens is 1. The van der Waals surface area contributed by atoms with Crippen molar-refractivity contribution in [3.63, 3.8) is 0 Å². The molecule has 0 amide bonds. The van der Waals surface area contributed by atoms with Gasteiger partial charge in [0.2, 0.25) is 0 Å². The van der Waals surface area contributed by atoms with Gasteiger partial charge in [-0.15, -0.1) is 0 Å². The summed E-state index contributed by atoms with van der Waals surface area (Å²) in [6.07, 6.45) is 0.334. The maximum atomic E-state index is 9.62. The summed E-state index contributed by atoms with van der Waals surface area (Å²) in [6.45, 7) is 5.51. The molecular weight excluding hydrogens is 294 g/mol. The van der Waals surface area contributed by atoms with Crippen molar-refractivity contribution in [1.82, 2.24) is 0 Å². The van der Waals surface area contributed by atoms with E-state index in [0.717, 1.165) is 35.2 Å². The van der Waals surface area contributed by atoms with Gasteiger partial charge in [-0.2, -0.15) is 0 Å². The van der Waals surface area contributed by atoms with Crippen LogP contribution < -0.4 is 4.90 Å². The number of aliphatic hydroxyl groups is 2. The highest BCUT2D eigenvalue weighted by atomic mass is 79.9. The Morgan fingerprint density at radius 2 is 2.06 bits per heavy atom. The maximum absolute atomic E-state index is 9.62. The van der Waals surface area contributed by atoms with Crippen LogP contribution in [0.3, 0.4) is 0 Å². The van der Waals surface area contributed by atoms with E-state index in [4.69, 9.17) is 0 Å². The van der Waals surface area contributed by atoms with E-state index in [1.165, 1.54) is 0 Å². The predicted molar refractivity (Wildman–Crippen MR) is 76.8 cm³/mol. The van der Waals surface area contributed by atoms with Gasteiger partial charge in [0, 0.05) is 29.2 Å². The van der Waals surface area contributed by atoms with E-state index < -0.39 is 6.10 Å². The molecule has 3 nitrogen and oxygen atoms in total. The van der Waals surface area contributed by atoms with Gasteiger partial charge in [-0.05, 0) is 38.0 Å². The Morgan fingerprint density at radius 1 is 1.33 bits per heavy atom. The Balaban J connectivity index is 2.13. The number of hydrogen-bond acceptors (Lipinski definition) is 3. The zero-order chi connectivity index (χ0) is 13.3. The second-order valence-electron chi connectivity index (χ2n) is 5.12. The highest BCUT2D eigenvalue weighted by Gasteiger charge is 2.26. The number of nitrogens with zero attached hydrogens (tertiary/aromatic N) is 1. The lowest BCUT2D eigenvalue weighted by Crippen LogP contribution is -2.23. The van der Waals surface area contributed by atoms with Crippen molar-refractivity contribution in [2.75, 3.05) is 18.0 Å². The highest BCUT2D eigenvalue weighted by Crippen LogP contribution is 2.31. The molecule has 0 aromatic heterocycles. The molecule has 1 aromatic rings. The summed E-state index contributed by atoms with van der Waals surface area (Å²) >= 11 is 3.50. The van der Waals surface area contributed by atoms with Crippen LogP contribution in [0.4, 0.5) is 5.69 Å². The fraction of sp³-hybridized carbons (Fsp3) is 0.571. The number of anilines is 1. The molecule has 0 bridgehead atoms. The van der Waals surface area contributed by atoms with Crippen molar-refractivity contribution in [2.24, 2.45) is 5.92 Å². The van der Waals surface area contributed by atoms with Crippen molar-refractivity contribution < 1.29 is 10.2 Å². The van der Waals surface area contributed by atoms with E-state index >= 15 is 0 Å². The van der Waals surface area contributed by atoms with E-state index in [1.807, 2.05) is 25.1 Å². The second-order valence-corrected chi connectivity index (χ2v) is 5.97. The smallest absolute Gasteiger partial charge is 0.0772 e. The minimum absolute atomic E-state index is 0.241.